The van der Waals surface area contributed by atoms with Crippen LogP contribution in [0, 0.1) is 6.92 Å². The number of nitrogens with one attached hydrogen (secondary N) is 1. The Hall–Kier alpha value is -3.96. The Labute approximate surface area is 197 Å². The highest BCUT2D eigenvalue weighted by molar-refractivity contribution is 7.14. The lowest BCUT2D eigenvalue weighted by Crippen LogP contribution is -1.97. The number of fused-ring (bicyclic) bond motifs is 1. The summed E-state index contributed by atoms with van der Waals surface area (Å²) in [5.74, 6) is 0.808. The third-order valence-electron chi connectivity index (χ3n) is 5.36. The SMILES string of the molecule is Cc1ccc(-c2csc(N/N=C\c3cccc(OCc4cccc5ccccc45)c3)n2)cc1. The Morgan fingerprint density at radius 2 is 1.76 bits per heavy atom. The number of aryl methyl sites for hydroxylation is 1. The highest BCUT2D eigenvalue weighted by Crippen LogP contribution is 2.25. The smallest absolute Gasteiger partial charge is 0.203 e. The third-order valence-corrected chi connectivity index (χ3v) is 6.10. The molecule has 0 bridgehead atoms. The van der Waals surface area contributed by atoms with E-state index in [9.17, 15) is 0 Å². The Bertz CT molecular complexity index is 1400. The largest absolute Gasteiger partial charge is 0.489 e. The highest BCUT2D eigenvalue weighted by atomic mass is 32.1. The second-order valence-electron chi connectivity index (χ2n) is 7.77. The van der Waals surface area contributed by atoms with E-state index in [1.165, 1.54) is 33.2 Å². The number of hydrogen-bond donors (Lipinski definition) is 1. The zero-order valence-corrected chi connectivity index (χ0v) is 19.0. The topological polar surface area (TPSA) is 46.5 Å². The number of rotatable bonds is 7. The Morgan fingerprint density at radius 1 is 0.939 bits per heavy atom. The summed E-state index contributed by atoms with van der Waals surface area (Å²) in [6, 6.07) is 30.9. The van der Waals surface area contributed by atoms with E-state index in [1.54, 1.807) is 6.21 Å². The molecule has 0 saturated carbocycles. The standard InChI is InChI=1S/C28H23N3OS/c1-20-12-14-23(15-13-20)27-19-33-28(30-27)31-29-17-21-6-4-10-25(16-21)32-18-24-9-5-8-22-7-2-3-11-26(22)24/h2-17,19H,18H2,1H3,(H,30,31)/b29-17-. The van der Waals surface area contributed by atoms with E-state index >= 15 is 0 Å². The van der Waals surface area contributed by atoms with Gasteiger partial charge in [0.25, 0.3) is 0 Å². The molecule has 0 atom stereocenters. The third kappa shape index (κ3) is 5.10. The van der Waals surface area contributed by atoms with E-state index < -0.39 is 0 Å². The molecule has 0 aliphatic carbocycles. The molecule has 0 saturated heterocycles. The van der Waals surface area contributed by atoms with Gasteiger partial charge in [0, 0.05) is 10.9 Å². The van der Waals surface area contributed by atoms with Gasteiger partial charge in [-0.2, -0.15) is 5.10 Å². The molecule has 0 aliphatic heterocycles. The van der Waals surface area contributed by atoms with Gasteiger partial charge < -0.3 is 4.74 Å². The van der Waals surface area contributed by atoms with Gasteiger partial charge in [-0.05, 0) is 41.0 Å². The van der Waals surface area contributed by atoms with Gasteiger partial charge in [0.1, 0.15) is 12.4 Å². The maximum Gasteiger partial charge on any atom is 0.203 e. The number of hydrogen-bond acceptors (Lipinski definition) is 5. The fraction of sp³-hybridized carbons (Fsp3) is 0.0714. The molecule has 5 heteroatoms. The number of anilines is 1. The van der Waals surface area contributed by atoms with E-state index in [2.05, 4.69) is 89.2 Å². The highest BCUT2D eigenvalue weighted by Gasteiger charge is 2.04. The first-order valence-corrected chi connectivity index (χ1v) is 11.6. The molecule has 0 unspecified atom stereocenters. The summed E-state index contributed by atoms with van der Waals surface area (Å²) in [5, 5.41) is 9.58. The van der Waals surface area contributed by atoms with Crippen LogP contribution in [0.5, 0.6) is 5.75 Å². The van der Waals surface area contributed by atoms with Gasteiger partial charge in [0.2, 0.25) is 5.13 Å². The van der Waals surface area contributed by atoms with Crippen LogP contribution >= 0.6 is 11.3 Å². The van der Waals surface area contributed by atoms with Crippen LogP contribution in [-0.2, 0) is 6.61 Å². The molecule has 0 aliphatic rings. The van der Waals surface area contributed by atoms with E-state index in [0.717, 1.165) is 27.7 Å². The summed E-state index contributed by atoms with van der Waals surface area (Å²) in [5.41, 5.74) is 8.43. The normalized spacial score (nSPS) is 11.2. The fourth-order valence-corrected chi connectivity index (χ4v) is 4.28. The van der Waals surface area contributed by atoms with Gasteiger partial charge in [-0.25, -0.2) is 4.98 Å². The van der Waals surface area contributed by atoms with Crippen LogP contribution in [-0.4, -0.2) is 11.2 Å². The molecule has 0 fully saturated rings. The van der Waals surface area contributed by atoms with Crippen LogP contribution in [0.25, 0.3) is 22.0 Å². The average molecular weight is 450 g/mol. The number of hydrazone groups is 1. The lowest BCUT2D eigenvalue weighted by atomic mass is 10.1. The first-order valence-electron chi connectivity index (χ1n) is 10.8. The van der Waals surface area contributed by atoms with Crippen molar-refractivity contribution in [3.63, 3.8) is 0 Å². The van der Waals surface area contributed by atoms with Crippen molar-refractivity contribution in [3.8, 4) is 17.0 Å². The van der Waals surface area contributed by atoms with E-state index in [1.807, 2.05) is 29.6 Å². The molecule has 1 N–H and O–H groups in total. The first-order chi connectivity index (χ1) is 16.2. The van der Waals surface area contributed by atoms with Crippen molar-refractivity contribution in [2.75, 3.05) is 5.43 Å². The fourth-order valence-electron chi connectivity index (χ4n) is 3.61. The second kappa shape index (κ2) is 9.67. The van der Waals surface area contributed by atoms with Gasteiger partial charge in [0.15, 0.2) is 0 Å². The monoisotopic (exact) mass is 449 g/mol. The predicted octanol–water partition coefficient (Wildman–Crippen LogP) is 7.30. The van der Waals surface area contributed by atoms with Crippen molar-refractivity contribution >= 4 is 33.5 Å². The Morgan fingerprint density at radius 3 is 2.67 bits per heavy atom. The van der Waals surface area contributed by atoms with E-state index in [4.69, 9.17) is 4.74 Å². The zero-order chi connectivity index (χ0) is 22.5. The summed E-state index contributed by atoms with van der Waals surface area (Å²) in [6.45, 7) is 2.59. The van der Waals surface area contributed by atoms with Crippen LogP contribution in [0.3, 0.4) is 0 Å². The molecule has 0 radical (unpaired) electrons. The number of aromatic nitrogens is 1. The predicted molar refractivity (Wildman–Crippen MR) is 138 cm³/mol. The van der Waals surface area contributed by atoms with Crippen molar-refractivity contribution in [1.29, 1.82) is 0 Å². The molecule has 5 aromatic rings. The molecule has 4 aromatic carbocycles. The lowest BCUT2D eigenvalue weighted by Gasteiger charge is -2.09. The minimum atomic E-state index is 0.515. The van der Waals surface area contributed by atoms with Crippen molar-refractivity contribution in [1.82, 2.24) is 4.98 Å². The maximum atomic E-state index is 6.07. The molecule has 0 amide bonds. The molecule has 4 nitrogen and oxygen atoms in total. The summed E-state index contributed by atoms with van der Waals surface area (Å²) in [4.78, 5) is 4.62. The molecule has 1 aromatic heterocycles. The van der Waals surface area contributed by atoms with Gasteiger partial charge in [-0.15, -0.1) is 11.3 Å². The van der Waals surface area contributed by atoms with Crippen LogP contribution in [0.2, 0.25) is 0 Å². The molecule has 0 spiro atoms. The van der Waals surface area contributed by atoms with Crippen molar-refractivity contribution < 1.29 is 4.74 Å². The summed E-state index contributed by atoms with van der Waals surface area (Å²) in [6.07, 6.45) is 1.78. The average Bonchev–Trinajstić information content (AvgIpc) is 3.32. The Kier molecular flexibility index (Phi) is 6.13. The van der Waals surface area contributed by atoms with Crippen molar-refractivity contribution in [3.05, 3.63) is 113 Å². The molecule has 162 valence electrons. The molecular weight excluding hydrogens is 426 g/mol. The van der Waals surface area contributed by atoms with Gasteiger partial charge >= 0.3 is 0 Å². The van der Waals surface area contributed by atoms with Crippen LogP contribution < -0.4 is 10.2 Å². The lowest BCUT2D eigenvalue weighted by molar-refractivity contribution is 0.307. The van der Waals surface area contributed by atoms with Crippen LogP contribution in [0.1, 0.15) is 16.7 Å². The van der Waals surface area contributed by atoms with Gasteiger partial charge in [0.05, 0.1) is 11.9 Å². The summed E-state index contributed by atoms with van der Waals surface area (Å²) in [7, 11) is 0. The minimum Gasteiger partial charge on any atom is -0.489 e. The Balaban J connectivity index is 1.22. The van der Waals surface area contributed by atoms with Crippen molar-refractivity contribution in [2.45, 2.75) is 13.5 Å². The van der Waals surface area contributed by atoms with Crippen LogP contribution in [0.4, 0.5) is 5.13 Å². The van der Waals surface area contributed by atoms with Gasteiger partial charge in [-0.1, -0.05) is 84.4 Å². The minimum absolute atomic E-state index is 0.515. The first kappa shape index (κ1) is 20.9. The number of benzene rings is 4. The number of thiazole rings is 1. The van der Waals surface area contributed by atoms with E-state index in [-0.39, 0.29) is 0 Å². The van der Waals surface area contributed by atoms with Crippen LogP contribution in [0.15, 0.2) is 101 Å². The zero-order valence-electron chi connectivity index (χ0n) is 18.2. The number of nitrogens with zero attached hydrogens (tertiary/aromatic N) is 2. The number of ether oxygens (including phenoxy) is 1. The molecule has 33 heavy (non-hydrogen) atoms. The summed E-state index contributed by atoms with van der Waals surface area (Å²) < 4.78 is 6.07. The summed E-state index contributed by atoms with van der Waals surface area (Å²) >= 11 is 1.53. The van der Waals surface area contributed by atoms with Crippen molar-refractivity contribution in [2.24, 2.45) is 5.10 Å². The quantitative estimate of drug-likeness (QED) is 0.209. The maximum absolute atomic E-state index is 6.07. The molecular formula is C28H23N3OS. The van der Waals surface area contributed by atoms with Gasteiger partial charge in [-0.3, -0.25) is 5.43 Å². The molecule has 1 heterocycles. The van der Waals surface area contributed by atoms with E-state index in [0.29, 0.717) is 6.61 Å². The molecule has 5 rings (SSSR count). The second-order valence-corrected chi connectivity index (χ2v) is 8.63.